The first kappa shape index (κ1) is 27.0. The van der Waals surface area contributed by atoms with Crippen LogP contribution in [0.5, 0.6) is 0 Å². The van der Waals surface area contributed by atoms with Crippen molar-refractivity contribution in [3.8, 4) is 0 Å². The van der Waals surface area contributed by atoms with Crippen LogP contribution in [0.1, 0.15) is 38.3 Å². The summed E-state index contributed by atoms with van der Waals surface area (Å²) in [5, 5.41) is 5.92. The number of halogens is 3. The number of likely N-dealkylation sites (tertiary alicyclic amines) is 1. The van der Waals surface area contributed by atoms with E-state index in [1.807, 2.05) is 32.9 Å². The second-order valence-electron chi connectivity index (χ2n) is 10.5. The molecule has 0 radical (unpaired) electrons. The van der Waals surface area contributed by atoms with E-state index in [1.54, 1.807) is 4.90 Å². The molecule has 1 amide bonds. The summed E-state index contributed by atoms with van der Waals surface area (Å²) in [5.41, 5.74) is 1.68. The van der Waals surface area contributed by atoms with Gasteiger partial charge in [-0.05, 0) is 57.5 Å². The zero-order valence-electron chi connectivity index (χ0n) is 22.0. The van der Waals surface area contributed by atoms with Crippen molar-refractivity contribution in [3.63, 3.8) is 0 Å². The third-order valence-electron chi connectivity index (χ3n) is 7.03. The first-order chi connectivity index (χ1) is 17.5. The molecule has 1 aromatic heterocycles. The van der Waals surface area contributed by atoms with Gasteiger partial charge in [-0.1, -0.05) is 6.92 Å². The summed E-state index contributed by atoms with van der Waals surface area (Å²) < 4.78 is 40.8. The van der Waals surface area contributed by atoms with Crippen molar-refractivity contribution in [1.29, 1.82) is 0 Å². The number of carbonyl (C=O) groups is 1. The summed E-state index contributed by atoms with van der Waals surface area (Å²) in [6.45, 7) is 11.1. The van der Waals surface area contributed by atoms with E-state index in [2.05, 4.69) is 43.5 Å². The average Bonchev–Trinajstić information content (AvgIpc) is 2.86. The van der Waals surface area contributed by atoms with E-state index in [0.29, 0.717) is 19.5 Å². The Labute approximate surface area is 216 Å². The first-order valence-electron chi connectivity index (χ1n) is 12.8. The number of benzene rings is 1. The van der Waals surface area contributed by atoms with E-state index >= 15 is 0 Å². The number of hydrogen-bond donors (Lipinski definition) is 2. The van der Waals surface area contributed by atoms with E-state index < -0.39 is 11.7 Å². The molecule has 1 aromatic carbocycles. The summed E-state index contributed by atoms with van der Waals surface area (Å²) in [6.07, 6.45) is -2.51. The third kappa shape index (κ3) is 6.26. The Morgan fingerprint density at radius 3 is 2.49 bits per heavy atom. The van der Waals surface area contributed by atoms with Crippen LogP contribution >= 0.6 is 0 Å². The van der Waals surface area contributed by atoms with Crippen molar-refractivity contribution in [2.75, 3.05) is 68.4 Å². The highest BCUT2D eigenvalue weighted by molar-refractivity contribution is 5.87. The normalized spacial score (nSPS) is 18.1. The van der Waals surface area contributed by atoms with Gasteiger partial charge in [-0.2, -0.15) is 18.2 Å². The fourth-order valence-electron chi connectivity index (χ4n) is 4.77. The number of hydrogen-bond acceptors (Lipinski definition) is 7. The van der Waals surface area contributed by atoms with Crippen LogP contribution in [0.3, 0.4) is 0 Å². The predicted molar refractivity (Wildman–Crippen MR) is 139 cm³/mol. The summed E-state index contributed by atoms with van der Waals surface area (Å²) in [6, 6.07) is 6.08. The molecule has 2 aromatic rings. The maximum atomic E-state index is 13.6. The minimum Gasteiger partial charge on any atom is -0.369 e. The SMILES string of the molecule is CCc1cc(N2CCN(C)CC2)ccc1Nc1ncc(C(F)(F)F)c(NCCCN2CC(C)(C)C2=O)n1. The Hall–Kier alpha value is -3.08. The van der Waals surface area contributed by atoms with Crippen LogP contribution in [-0.4, -0.2) is 78.5 Å². The summed E-state index contributed by atoms with van der Waals surface area (Å²) >= 11 is 0. The molecule has 0 saturated carbocycles. The molecule has 2 aliphatic heterocycles. The summed E-state index contributed by atoms with van der Waals surface area (Å²) in [4.78, 5) is 26.5. The predicted octanol–water partition coefficient (Wildman–Crippen LogP) is 4.22. The molecule has 0 unspecified atom stereocenters. The van der Waals surface area contributed by atoms with Gasteiger partial charge in [0.25, 0.3) is 0 Å². The molecule has 2 saturated heterocycles. The van der Waals surface area contributed by atoms with Crippen LogP contribution in [0.4, 0.5) is 36.3 Å². The molecule has 2 fully saturated rings. The molecule has 202 valence electrons. The number of β-lactam (4-membered cyclic amide) rings is 1. The zero-order chi connectivity index (χ0) is 26.8. The number of anilines is 4. The van der Waals surface area contributed by atoms with Crippen LogP contribution in [0, 0.1) is 5.41 Å². The number of aromatic nitrogens is 2. The van der Waals surface area contributed by atoms with Crippen molar-refractivity contribution >= 4 is 29.0 Å². The van der Waals surface area contributed by atoms with Gasteiger partial charge in [-0.25, -0.2) is 4.98 Å². The maximum Gasteiger partial charge on any atom is 0.421 e. The maximum absolute atomic E-state index is 13.6. The van der Waals surface area contributed by atoms with Crippen molar-refractivity contribution in [3.05, 3.63) is 35.5 Å². The number of nitrogens with zero attached hydrogens (tertiary/aromatic N) is 5. The smallest absolute Gasteiger partial charge is 0.369 e. The first-order valence-corrected chi connectivity index (χ1v) is 12.8. The third-order valence-corrected chi connectivity index (χ3v) is 7.03. The lowest BCUT2D eigenvalue weighted by Gasteiger charge is -2.44. The minimum atomic E-state index is -4.59. The lowest BCUT2D eigenvalue weighted by atomic mass is 9.83. The van der Waals surface area contributed by atoms with E-state index in [9.17, 15) is 18.0 Å². The Morgan fingerprint density at radius 2 is 1.86 bits per heavy atom. The molecule has 3 heterocycles. The number of rotatable bonds is 9. The van der Waals surface area contributed by atoms with E-state index in [4.69, 9.17) is 0 Å². The van der Waals surface area contributed by atoms with Gasteiger partial charge in [-0.3, -0.25) is 4.79 Å². The number of piperazine rings is 1. The van der Waals surface area contributed by atoms with Gasteiger partial charge in [0.1, 0.15) is 11.4 Å². The largest absolute Gasteiger partial charge is 0.421 e. The van der Waals surface area contributed by atoms with Crippen LogP contribution in [0.25, 0.3) is 0 Å². The molecule has 8 nitrogen and oxygen atoms in total. The lowest BCUT2D eigenvalue weighted by Crippen LogP contribution is -2.58. The van der Waals surface area contributed by atoms with Gasteiger partial charge in [0, 0.05) is 63.4 Å². The van der Waals surface area contributed by atoms with Crippen molar-refractivity contribution in [2.24, 2.45) is 5.41 Å². The van der Waals surface area contributed by atoms with Gasteiger partial charge >= 0.3 is 6.18 Å². The highest BCUT2D eigenvalue weighted by Crippen LogP contribution is 2.35. The van der Waals surface area contributed by atoms with Gasteiger partial charge in [-0.15, -0.1) is 0 Å². The highest BCUT2D eigenvalue weighted by atomic mass is 19.4. The quantitative estimate of drug-likeness (QED) is 0.379. The van der Waals surface area contributed by atoms with Crippen LogP contribution in [0.15, 0.2) is 24.4 Å². The van der Waals surface area contributed by atoms with Crippen molar-refractivity contribution < 1.29 is 18.0 Å². The number of likely N-dealkylation sites (N-methyl/N-ethyl adjacent to an activating group) is 1. The molecule has 4 rings (SSSR count). The molecule has 2 N–H and O–H groups in total. The van der Waals surface area contributed by atoms with Crippen molar-refractivity contribution in [2.45, 2.75) is 39.8 Å². The van der Waals surface area contributed by atoms with Gasteiger partial charge < -0.3 is 25.3 Å². The van der Waals surface area contributed by atoms with E-state index in [-0.39, 0.29) is 29.6 Å². The van der Waals surface area contributed by atoms with E-state index in [1.165, 1.54) is 0 Å². The number of amides is 1. The number of alkyl halides is 3. The van der Waals surface area contributed by atoms with E-state index in [0.717, 1.165) is 55.7 Å². The molecular formula is C26H36F3N7O. The molecule has 0 bridgehead atoms. The second-order valence-corrected chi connectivity index (χ2v) is 10.5. The van der Waals surface area contributed by atoms with Gasteiger partial charge in [0.15, 0.2) is 0 Å². The topological polar surface area (TPSA) is 76.6 Å². The standard InChI is InChI=1S/C26H36F3N7O/c1-5-18-15-19(35-13-11-34(4)12-14-35)7-8-21(18)32-24-31-16-20(26(27,28)29)22(33-24)30-9-6-10-36-17-25(2,3)23(36)37/h7-8,15-16H,5-6,9-14,17H2,1-4H3,(H2,30,31,32,33). The average molecular weight is 520 g/mol. The van der Waals surface area contributed by atoms with Crippen molar-refractivity contribution in [1.82, 2.24) is 19.8 Å². The molecule has 37 heavy (non-hydrogen) atoms. The summed E-state index contributed by atoms with van der Waals surface area (Å²) in [5.74, 6) is -0.105. The minimum absolute atomic E-state index is 0.0716. The Morgan fingerprint density at radius 1 is 1.14 bits per heavy atom. The fraction of sp³-hybridized carbons (Fsp3) is 0.577. The Balaban J connectivity index is 1.44. The Kier molecular flexibility index (Phi) is 7.82. The number of aryl methyl sites for hydroxylation is 1. The molecular weight excluding hydrogens is 483 g/mol. The lowest BCUT2D eigenvalue weighted by molar-refractivity contribution is -0.156. The molecule has 2 aliphatic rings. The molecule has 11 heteroatoms. The highest BCUT2D eigenvalue weighted by Gasteiger charge is 2.43. The second kappa shape index (κ2) is 10.7. The zero-order valence-corrected chi connectivity index (χ0v) is 22.0. The van der Waals surface area contributed by atoms with Gasteiger partial charge in [0.05, 0.1) is 5.41 Å². The van der Waals surface area contributed by atoms with Gasteiger partial charge in [0.2, 0.25) is 11.9 Å². The number of nitrogens with one attached hydrogen (secondary N) is 2. The van der Waals surface area contributed by atoms with Crippen LogP contribution in [-0.2, 0) is 17.4 Å². The molecule has 0 spiro atoms. The molecule has 0 aliphatic carbocycles. The van der Waals surface area contributed by atoms with Crippen LogP contribution in [0.2, 0.25) is 0 Å². The monoisotopic (exact) mass is 519 g/mol. The number of carbonyl (C=O) groups excluding carboxylic acids is 1. The molecule has 0 atom stereocenters. The summed E-state index contributed by atoms with van der Waals surface area (Å²) in [7, 11) is 2.11. The Bertz CT molecular complexity index is 1110. The van der Waals surface area contributed by atoms with Crippen LogP contribution < -0.4 is 15.5 Å². The fourth-order valence-corrected chi connectivity index (χ4v) is 4.77.